The lowest BCUT2D eigenvalue weighted by atomic mass is 10.1. The Labute approximate surface area is 100 Å². The predicted octanol–water partition coefficient (Wildman–Crippen LogP) is 3.04. The molecule has 6 heteroatoms. The van der Waals surface area contributed by atoms with Crippen LogP contribution in [0.5, 0.6) is 0 Å². The number of carbonyl (C=O) groups is 1. The van der Waals surface area contributed by atoms with E-state index in [0.717, 1.165) is 12.1 Å². The van der Waals surface area contributed by atoms with Gasteiger partial charge >= 0.3 is 12.1 Å². The third-order valence-corrected chi connectivity index (χ3v) is 2.43. The molecule has 0 atom stereocenters. The van der Waals surface area contributed by atoms with E-state index in [1.54, 1.807) is 0 Å². The lowest BCUT2D eigenvalue weighted by Crippen LogP contribution is -2.05. The normalized spacial score (nSPS) is 11.6. The molecule has 1 aromatic heterocycles. The van der Waals surface area contributed by atoms with Crippen LogP contribution in [0.25, 0.3) is 10.9 Å². The van der Waals surface area contributed by atoms with Crippen LogP contribution in [0.4, 0.5) is 13.2 Å². The van der Waals surface area contributed by atoms with Crippen LogP contribution in [0.2, 0.25) is 0 Å². The van der Waals surface area contributed by atoms with Crippen LogP contribution in [0.3, 0.4) is 0 Å². The maximum absolute atomic E-state index is 12.5. The minimum Gasteiger partial charge on any atom is -0.465 e. The number of rotatable bonds is 1. The van der Waals surface area contributed by atoms with Crippen LogP contribution in [0, 0.1) is 0 Å². The average Bonchev–Trinajstić information content (AvgIpc) is 2.35. The molecular weight excluding hydrogens is 247 g/mol. The van der Waals surface area contributed by atoms with E-state index in [0.29, 0.717) is 5.52 Å². The van der Waals surface area contributed by atoms with Gasteiger partial charge in [0.05, 0.1) is 23.8 Å². The van der Waals surface area contributed by atoms with Crippen LogP contribution in [-0.4, -0.2) is 18.1 Å². The summed E-state index contributed by atoms with van der Waals surface area (Å²) in [7, 11) is 1.19. The van der Waals surface area contributed by atoms with E-state index in [1.165, 1.54) is 25.4 Å². The van der Waals surface area contributed by atoms with Gasteiger partial charge in [0.2, 0.25) is 0 Å². The fourth-order valence-corrected chi connectivity index (χ4v) is 1.54. The van der Waals surface area contributed by atoms with Gasteiger partial charge in [-0.25, -0.2) is 4.79 Å². The zero-order valence-electron chi connectivity index (χ0n) is 9.28. The number of carbonyl (C=O) groups excluding carboxylic acids is 1. The third-order valence-electron chi connectivity index (χ3n) is 2.43. The summed E-state index contributed by atoms with van der Waals surface area (Å²) in [5, 5.41) is 0.243. The van der Waals surface area contributed by atoms with E-state index in [9.17, 15) is 18.0 Å². The molecule has 0 spiro atoms. The molecule has 0 radical (unpaired) electrons. The first kappa shape index (κ1) is 12.3. The van der Waals surface area contributed by atoms with E-state index in [1.807, 2.05) is 0 Å². The van der Waals surface area contributed by atoms with E-state index >= 15 is 0 Å². The molecule has 0 saturated carbocycles. The maximum Gasteiger partial charge on any atom is 0.416 e. The molecule has 0 aliphatic heterocycles. The Kier molecular flexibility index (Phi) is 2.94. The topological polar surface area (TPSA) is 39.2 Å². The summed E-state index contributed by atoms with van der Waals surface area (Å²) in [6, 6.07) is 4.49. The molecule has 0 bridgehead atoms. The van der Waals surface area contributed by atoms with E-state index in [2.05, 4.69) is 9.72 Å². The van der Waals surface area contributed by atoms with Crippen molar-refractivity contribution in [2.24, 2.45) is 0 Å². The Morgan fingerprint density at radius 1 is 1.28 bits per heavy atom. The van der Waals surface area contributed by atoms with Gasteiger partial charge in [0.15, 0.2) is 0 Å². The summed E-state index contributed by atoms with van der Waals surface area (Å²) in [4.78, 5) is 15.2. The van der Waals surface area contributed by atoms with Crippen molar-refractivity contribution < 1.29 is 22.7 Å². The molecule has 0 amide bonds. The SMILES string of the molecule is COC(=O)c1cnc2ccc(C(F)(F)F)cc2c1. The van der Waals surface area contributed by atoms with E-state index in [4.69, 9.17) is 0 Å². The minimum atomic E-state index is -4.42. The molecule has 0 fully saturated rings. The Bertz CT molecular complexity index is 608. The molecule has 2 aromatic rings. The van der Waals surface area contributed by atoms with Crippen molar-refractivity contribution in [1.29, 1.82) is 0 Å². The summed E-state index contributed by atoms with van der Waals surface area (Å²) < 4.78 is 42.1. The highest BCUT2D eigenvalue weighted by Crippen LogP contribution is 2.31. The second-order valence-corrected chi connectivity index (χ2v) is 3.62. The second kappa shape index (κ2) is 4.29. The summed E-state index contributed by atoms with van der Waals surface area (Å²) in [5.41, 5.74) is -0.279. The number of benzene rings is 1. The van der Waals surface area contributed by atoms with Gasteiger partial charge in [0.1, 0.15) is 0 Å². The van der Waals surface area contributed by atoms with Crippen molar-refractivity contribution in [1.82, 2.24) is 4.98 Å². The van der Waals surface area contributed by atoms with Gasteiger partial charge < -0.3 is 4.74 Å². The van der Waals surface area contributed by atoms with Crippen molar-refractivity contribution in [3.8, 4) is 0 Å². The van der Waals surface area contributed by atoms with Gasteiger partial charge in [0, 0.05) is 11.6 Å². The fraction of sp³-hybridized carbons (Fsp3) is 0.167. The van der Waals surface area contributed by atoms with Crippen LogP contribution in [0.1, 0.15) is 15.9 Å². The van der Waals surface area contributed by atoms with Gasteiger partial charge in [-0.05, 0) is 24.3 Å². The molecular formula is C12H8F3NO2. The van der Waals surface area contributed by atoms with Crippen LogP contribution in [0.15, 0.2) is 30.5 Å². The third kappa shape index (κ3) is 2.27. The monoisotopic (exact) mass is 255 g/mol. The molecule has 0 aliphatic rings. The standard InChI is InChI=1S/C12H8F3NO2/c1-18-11(17)8-4-7-5-9(12(13,14)15)2-3-10(7)16-6-8/h2-6H,1H3. The van der Waals surface area contributed by atoms with Gasteiger partial charge in [0.25, 0.3) is 0 Å². The molecule has 2 rings (SSSR count). The van der Waals surface area contributed by atoms with Gasteiger partial charge in [-0.2, -0.15) is 13.2 Å². The number of methoxy groups -OCH3 is 1. The van der Waals surface area contributed by atoms with Gasteiger partial charge in [-0.3, -0.25) is 4.98 Å². The van der Waals surface area contributed by atoms with Crippen molar-refractivity contribution in [2.75, 3.05) is 7.11 Å². The molecule has 1 heterocycles. The van der Waals surface area contributed by atoms with Crippen LogP contribution < -0.4 is 0 Å². The first-order valence-corrected chi connectivity index (χ1v) is 4.97. The summed E-state index contributed by atoms with van der Waals surface area (Å²) in [6.07, 6.45) is -3.16. The molecule has 0 aliphatic carbocycles. The van der Waals surface area contributed by atoms with Crippen molar-refractivity contribution >= 4 is 16.9 Å². The molecule has 0 N–H and O–H groups in total. The number of hydrogen-bond acceptors (Lipinski definition) is 3. The smallest absolute Gasteiger partial charge is 0.416 e. The summed E-state index contributed by atoms with van der Waals surface area (Å²) in [6.45, 7) is 0. The zero-order valence-corrected chi connectivity index (χ0v) is 9.28. The molecule has 94 valence electrons. The van der Waals surface area contributed by atoms with Gasteiger partial charge in [-0.1, -0.05) is 0 Å². The van der Waals surface area contributed by atoms with E-state index in [-0.39, 0.29) is 10.9 Å². The number of esters is 1. The number of halogens is 3. The molecule has 0 unspecified atom stereocenters. The lowest BCUT2D eigenvalue weighted by Gasteiger charge is -2.07. The molecule has 0 saturated heterocycles. The number of nitrogens with zero attached hydrogens (tertiary/aromatic N) is 1. The number of hydrogen-bond donors (Lipinski definition) is 0. The first-order chi connectivity index (χ1) is 8.41. The Morgan fingerprint density at radius 3 is 2.61 bits per heavy atom. The van der Waals surface area contributed by atoms with Crippen LogP contribution >= 0.6 is 0 Å². The van der Waals surface area contributed by atoms with Crippen molar-refractivity contribution in [3.63, 3.8) is 0 Å². The number of ether oxygens (including phenoxy) is 1. The average molecular weight is 255 g/mol. The Hall–Kier alpha value is -2.11. The maximum atomic E-state index is 12.5. The second-order valence-electron chi connectivity index (χ2n) is 3.62. The highest BCUT2D eigenvalue weighted by atomic mass is 19.4. The fourth-order valence-electron chi connectivity index (χ4n) is 1.54. The van der Waals surface area contributed by atoms with Crippen LogP contribution in [-0.2, 0) is 10.9 Å². The Morgan fingerprint density at radius 2 is 2.00 bits per heavy atom. The lowest BCUT2D eigenvalue weighted by molar-refractivity contribution is -0.137. The minimum absolute atomic E-state index is 0.115. The van der Waals surface area contributed by atoms with Crippen molar-refractivity contribution in [3.05, 3.63) is 41.6 Å². The quantitative estimate of drug-likeness (QED) is 0.735. The summed E-state index contributed by atoms with van der Waals surface area (Å²) >= 11 is 0. The van der Waals surface area contributed by atoms with Gasteiger partial charge in [-0.15, -0.1) is 0 Å². The number of alkyl halides is 3. The first-order valence-electron chi connectivity index (χ1n) is 4.97. The zero-order chi connectivity index (χ0) is 13.3. The predicted molar refractivity (Wildman–Crippen MR) is 58.1 cm³/mol. The van der Waals surface area contributed by atoms with Crippen molar-refractivity contribution in [2.45, 2.75) is 6.18 Å². The van der Waals surface area contributed by atoms with E-state index < -0.39 is 17.7 Å². The molecule has 18 heavy (non-hydrogen) atoms. The largest absolute Gasteiger partial charge is 0.465 e. The molecule has 1 aromatic carbocycles. The number of aromatic nitrogens is 1. The number of fused-ring (bicyclic) bond motifs is 1. The highest BCUT2D eigenvalue weighted by molar-refractivity contribution is 5.93. The molecule has 3 nitrogen and oxygen atoms in total. The summed E-state index contributed by atoms with van der Waals surface area (Å²) in [5.74, 6) is -0.637. The Balaban J connectivity index is 2.57. The highest BCUT2D eigenvalue weighted by Gasteiger charge is 2.30. The number of pyridine rings is 1.